The number of halogens is 1. The lowest BCUT2D eigenvalue weighted by atomic mass is 10.2. The number of aliphatic hydroxyl groups is 1. The van der Waals surface area contributed by atoms with Gasteiger partial charge in [-0.3, -0.25) is 4.90 Å². The first kappa shape index (κ1) is 10.4. The van der Waals surface area contributed by atoms with Crippen LogP contribution in [-0.2, 0) is 0 Å². The van der Waals surface area contributed by atoms with Crippen LogP contribution >= 0.6 is 0 Å². The number of rotatable bonds is 4. The Morgan fingerprint density at radius 3 is 2.60 bits per heavy atom. The van der Waals surface area contributed by atoms with Gasteiger partial charge in [0.05, 0.1) is 6.10 Å². The highest BCUT2D eigenvalue weighted by Gasteiger charge is 2.23. The summed E-state index contributed by atoms with van der Waals surface area (Å²) < 4.78 is 18.0. The van der Waals surface area contributed by atoms with Gasteiger partial charge >= 0.3 is 0 Å². The van der Waals surface area contributed by atoms with Crippen molar-refractivity contribution in [1.29, 1.82) is 0 Å². The Balaban J connectivity index is 1.67. The van der Waals surface area contributed by atoms with Gasteiger partial charge < -0.3 is 9.84 Å². The van der Waals surface area contributed by atoms with Crippen molar-refractivity contribution in [3.8, 4) is 5.75 Å². The van der Waals surface area contributed by atoms with E-state index in [0.717, 1.165) is 19.6 Å². The highest BCUT2D eigenvalue weighted by Crippen LogP contribution is 2.12. The third kappa shape index (κ3) is 2.91. The molecule has 3 nitrogen and oxygen atoms in total. The molecule has 1 N–H and O–H groups in total. The van der Waals surface area contributed by atoms with Crippen LogP contribution in [0.5, 0.6) is 5.75 Å². The summed E-state index contributed by atoms with van der Waals surface area (Å²) in [6, 6.07) is 5.98. The molecule has 1 heterocycles. The third-order valence-corrected chi connectivity index (χ3v) is 2.43. The zero-order chi connectivity index (χ0) is 10.7. The molecule has 0 aromatic heterocycles. The first-order valence-corrected chi connectivity index (χ1v) is 5.03. The van der Waals surface area contributed by atoms with Crippen molar-refractivity contribution in [1.82, 2.24) is 4.90 Å². The summed E-state index contributed by atoms with van der Waals surface area (Å²) in [4.78, 5) is 2.11. The summed E-state index contributed by atoms with van der Waals surface area (Å²) in [5, 5.41) is 9.04. The molecule has 0 saturated carbocycles. The van der Waals surface area contributed by atoms with Crippen molar-refractivity contribution in [2.24, 2.45) is 0 Å². The SMILES string of the molecule is OC1CN(CCOc2ccc(F)cc2)C1. The Labute approximate surface area is 88.1 Å². The molecule has 15 heavy (non-hydrogen) atoms. The molecule has 1 aromatic rings. The van der Waals surface area contributed by atoms with Crippen molar-refractivity contribution in [2.45, 2.75) is 6.10 Å². The van der Waals surface area contributed by atoms with Gasteiger partial charge in [-0.2, -0.15) is 0 Å². The molecule has 0 spiro atoms. The first-order chi connectivity index (χ1) is 7.24. The lowest BCUT2D eigenvalue weighted by Crippen LogP contribution is -2.51. The van der Waals surface area contributed by atoms with Crippen LogP contribution in [0.4, 0.5) is 4.39 Å². The fraction of sp³-hybridized carbons (Fsp3) is 0.455. The predicted octanol–water partition coefficient (Wildman–Crippen LogP) is 0.881. The quantitative estimate of drug-likeness (QED) is 0.802. The van der Waals surface area contributed by atoms with Crippen molar-refractivity contribution in [3.63, 3.8) is 0 Å². The molecule has 1 aliphatic rings. The Morgan fingerprint density at radius 1 is 1.33 bits per heavy atom. The minimum absolute atomic E-state index is 0.171. The Morgan fingerprint density at radius 2 is 2.00 bits per heavy atom. The topological polar surface area (TPSA) is 32.7 Å². The van der Waals surface area contributed by atoms with Crippen LogP contribution in [0.25, 0.3) is 0 Å². The van der Waals surface area contributed by atoms with Crippen LogP contribution in [0, 0.1) is 5.82 Å². The summed E-state index contributed by atoms with van der Waals surface area (Å²) >= 11 is 0. The summed E-state index contributed by atoms with van der Waals surface area (Å²) in [5.41, 5.74) is 0. The van der Waals surface area contributed by atoms with E-state index in [1.165, 1.54) is 12.1 Å². The number of benzene rings is 1. The van der Waals surface area contributed by atoms with Crippen molar-refractivity contribution >= 4 is 0 Å². The maximum absolute atomic E-state index is 12.6. The summed E-state index contributed by atoms with van der Waals surface area (Å²) in [5.74, 6) is 0.422. The number of ether oxygens (including phenoxy) is 1. The number of nitrogens with zero attached hydrogens (tertiary/aromatic N) is 1. The molecule has 1 fully saturated rings. The monoisotopic (exact) mass is 211 g/mol. The number of likely N-dealkylation sites (tertiary alicyclic amines) is 1. The van der Waals surface area contributed by atoms with E-state index in [4.69, 9.17) is 9.84 Å². The van der Waals surface area contributed by atoms with E-state index in [1.54, 1.807) is 12.1 Å². The van der Waals surface area contributed by atoms with Gasteiger partial charge in [-0.15, -0.1) is 0 Å². The van der Waals surface area contributed by atoms with Crippen LogP contribution in [0.15, 0.2) is 24.3 Å². The van der Waals surface area contributed by atoms with Crippen molar-refractivity contribution in [2.75, 3.05) is 26.2 Å². The summed E-state index contributed by atoms with van der Waals surface area (Å²) in [6.07, 6.45) is -0.171. The molecule has 0 radical (unpaired) electrons. The summed E-state index contributed by atoms with van der Waals surface area (Å²) in [7, 11) is 0. The lowest BCUT2D eigenvalue weighted by Gasteiger charge is -2.35. The summed E-state index contributed by atoms with van der Waals surface area (Å²) in [6.45, 7) is 2.83. The molecule has 0 unspecified atom stereocenters. The standard InChI is InChI=1S/C11H14FNO2/c12-9-1-3-11(4-2-9)15-6-5-13-7-10(14)8-13/h1-4,10,14H,5-8H2. The maximum atomic E-state index is 12.6. The fourth-order valence-electron chi connectivity index (χ4n) is 1.55. The molecule has 0 amide bonds. The van der Waals surface area contributed by atoms with Gasteiger partial charge in [0, 0.05) is 19.6 Å². The fourth-order valence-corrected chi connectivity index (χ4v) is 1.55. The van der Waals surface area contributed by atoms with Crippen molar-refractivity contribution < 1.29 is 14.2 Å². The van der Waals surface area contributed by atoms with E-state index < -0.39 is 0 Å². The van der Waals surface area contributed by atoms with Crippen LogP contribution in [0.2, 0.25) is 0 Å². The van der Waals surface area contributed by atoms with Gasteiger partial charge in [-0.05, 0) is 24.3 Å². The lowest BCUT2D eigenvalue weighted by molar-refractivity contribution is -0.00387. The molecule has 4 heteroatoms. The van der Waals surface area contributed by atoms with Crippen LogP contribution < -0.4 is 4.74 Å². The van der Waals surface area contributed by atoms with E-state index in [1.807, 2.05) is 0 Å². The minimum Gasteiger partial charge on any atom is -0.492 e. The largest absolute Gasteiger partial charge is 0.492 e. The van der Waals surface area contributed by atoms with Gasteiger partial charge in [-0.1, -0.05) is 0 Å². The Bertz CT molecular complexity index is 309. The number of hydrogen-bond acceptors (Lipinski definition) is 3. The first-order valence-electron chi connectivity index (χ1n) is 5.03. The second-order valence-corrected chi connectivity index (χ2v) is 3.72. The van der Waals surface area contributed by atoms with E-state index in [-0.39, 0.29) is 11.9 Å². The van der Waals surface area contributed by atoms with Gasteiger partial charge in [0.15, 0.2) is 0 Å². The molecule has 0 bridgehead atoms. The van der Waals surface area contributed by atoms with Gasteiger partial charge in [0.1, 0.15) is 18.2 Å². The highest BCUT2D eigenvalue weighted by atomic mass is 19.1. The Kier molecular flexibility index (Phi) is 3.18. The number of β-amino-alcohol motifs (C(OH)–C–C–N with tert-alkyl or cyclic N) is 1. The van der Waals surface area contributed by atoms with E-state index in [9.17, 15) is 4.39 Å². The van der Waals surface area contributed by atoms with Gasteiger partial charge in [-0.25, -0.2) is 4.39 Å². The minimum atomic E-state index is -0.256. The van der Waals surface area contributed by atoms with Crippen LogP contribution in [-0.4, -0.2) is 42.4 Å². The molecule has 0 aliphatic carbocycles. The number of aliphatic hydroxyl groups excluding tert-OH is 1. The molecule has 1 saturated heterocycles. The molecule has 1 aliphatic heterocycles. The molecule has 2 rings (SSSR count). The van der Waals surface area contributed by atoms with Gasteiger partial charge in [0.2, 0.25) is 0 Å². The third-order valence-electron chi connectivity index (χ3n) is 2.43. The predicted molar refractivity (Wildman–Crippen MR) is 54.3 cm³/mol. The van der Waals surface area contributed by atoms with Gasteiger partial charge in [0.25, 0.3) is 0 Å². The second-order valence-electron chi connectivity index (χ2n) is 3.72. The average molecular weight is 211 g/mol. The zero-order valence-corrected chi connectivity index (χ0v) is 8.40. The van der Waals surface area contributed by atoms with E-state index >= 15 is 0 Å². The van der Waals surface area contributed by atoms with Crippen molar-refractivity contribution in [3.05, 3.63) is 30.1 Å². The van der Waals surface area contributed by atoms with E-state index in [2.05, 4.69) is 4.90 Å². The van der Waals surface area contributed by atoms with E-state index in [0.29, 0.717) is 12.4 Å². The molecular formula is C11H14FNO2. The second kappa shape index (κ2) is 4.59. The molecule has 82 valence electrons. The maximum Gasteiger partial charge on any atom is 0.123 e. The average Bonchev–Trinajstić information content (AvgIpc) is 2.18. The molecular weight excluding hydrogens is 197 g/mol. The highest BCUT2D eigenvalue weighted by molar-refractivity contribution is 5.21. The number of hydrogen-bond donors (Lipinski definition) is 1. The van der Waals surface area contributed by atoms with Crippen LogP contribution in [0.1, 0.15) is 0 Å². The smallest absolute Gasteiger partial charge is 0.123 e. The normalized spacial score (nSPS) is 17.5. The Hall–Kier alpha value is -1.13. The van der Waals surface area contributed by atoms with Crippen LogP contribution in [0.3, 0.4) is 0 Å². The zero-order valence-electron chi connectivity index (χ0n) is 8.40. The molecule has 0 atom stereocenters. The molecule has 1 aromatic carbocycles.